The van der Waals surface area contributed by atoms with Gasteiger partial charge in [-0.3, -0.25) is 4.79 Å². The van der Waals surface area contributed by atoms with Crippen molar-refractivity contribution in [3.8, 4) is 0 Å². The van der Waals surface area contributed by atoms with Crippen LogP contribution < -0.4 is 5.32 Å². The minimum Gasteiger partial charge on any atom is -0.384 e. The van der Waals surface area contributed by atoms with Crippen LogP contribution in [0.3, 0.4) is 0 Å². The number of benzene rings is 1. The Balaban J connectivity index is 1.93. The van der Waals surface area contributed by atoms with Crippen LogP contribution in [-0.4, -0.2) is 12.3 Å². The average Bonchev–Trinajstić information content (AvgIpc) is 2.97. The molecular formula is C12H13NO. The third kappa shape index (κ3) is 1.14. The molecule has 14 heavy (non-hydrogen) atoms. The van der Waals surface area contributed by atoms with E-state index in [1.54, 1.807) is 0 Å². The summed E-state index contributed by atoms with van der Waals surface area (Å²) in [4.78, 5) is 11.9. The maximum absolute atomic E-state index is 11.9. The van der Waals surface area contributed by atoms with E-state index in [0.29, 0.717) is 11.7 Å². The Morgan fingerprint density at radius 2 is 2.07 bits per heavy atom. The number of fused-ring (bicyclic) bond motifs is 1. The molecular weight excluding hydrogens is 174 g/mol. The molecule has 1 aliphatic carbocycles. The van der Waals surface area contributed by atoms with Gasteiger partial charge in [-0.1, -0.05) is 18.2 Å². The van der Waals surface area contributed by atoms with E-state index in [1.807, 2.05) is 12.1 Å². The first-order valence-electron chi connectivity index (χ1n) is 5.23. The maximum atomic E-state index is 11.9. The maximum Gasteiger partial charge on any atom is 0.145 e. The van der Waals surface area contributed by atoms with Gasteiger partial charge in [0, 0.05) is 18.2 Å². The van der Waals surface area contributed by atoms with Crippen molar-refractivity contribution in [3.63, 3.8) is 0 Å². The predicted molar refractivity (Wildman–Crippen MR) is 55.4 cm³/mol. The van der Waals surface area contributed by atoms with Gasteiger partial charge < -0.3 is 5.32 Å². The fourth-order valence-electron chi connectivity index (χ4n) is 2.19. The van der Waals surface area contributed by atoms with Gasteiger partial charge in [-0.15, -0.1) is 0 Å². The Morgan fingerprint density at radius 3 is 2.86 bits per heavy atom. The normalized spacial score (nSPS) is 24.1. The van der Waals surface area contributed by atoms with E-state index < -0.39 is 0 Å². The van der Waals surface area contributed by atoms with Gasteiger partial charge in [-0.2, -0.15) is 0 Å². The van der Waals surface area contributed by atoms with Crippen molar-refractivity contribution in [2.24, 2.45) is 5.92 Å². The molecule has 0 aromatic heterocycles. The van der Waals surface area contributed by atoms with Gasteiger partial charge in [0.1, 0.15) is 5.78 Å². The highest BCUT2D eigenvalue weighted by molar-refractivity contribution is 5.93. The summed E-state index contributed by atoms with van der Waals surface area (Å²) < 4.78 is 0. The summed E-state index contributed by atoms with van der Waals surface area (Å²) in [5, 5.41) is 3.29. The summed E-state index contributed by atoms with van der Waals surface area (Å²) in [6.07, 6.45) is 2.22. The first kappa shape index (κ1) is 8.04. The monoisotopic (exact) mass is 187 g/mol. The standard InChI is InChI=1S/C12H13NO/c14-12(8-5-6-8)10-7-13-11-4-2-1-3-9(10)11/h1-4,8,10,13H,5-7H2. The Kier molecular flexibility index (Phi) is 1.63. The largest absolute Gasteiger partial charge is 0.384 e. The van der Waals surface area contributed by atoms with Gasteiger partial charge >= 0.3 is 0 Å². The zero-order valence-corrected chi connectivity index (χ0v) is 7.99. The second-order valence-electron chi connectivity index (χ2n) is 4.20. The van der Waals surface area contributed by atoms with Gasteiger partial charge in [0.25, 0.3) is 0 Å². The lowest BCUT2D eigenvalue weighted by molar-refractivity contribution is -0.121. The number of hydrogen-bond donors (Lipinski definition) is 1. The van der Waals surface area contributed by atoms with E-state index in [1.165, 1.54) is 5.56 Å². The molecule has 1 aromatic carbocycles. The predicted octanol–water partition coefficient (Wildman–Crippen LogP) is 2.17. The summed E-state index contributed by atoms with van der Waals surface area (Å²) in [7, 11) is 0. The lowest BCUT2D eigenvalue weighted by atomic mass is 9.94. The van der Waals surface area contributed by atoms with Crippen molar-refractivity contribution >= 4 is 11.5 Å². The molecule has 2 aliphatic rings. The molecule has 0 amide bonds. The molecule has 1 fully saturated rings. The minimum atomic E-state index is 0.124. The van der Waals surface area contributed by atoms with E-state index in [-0.39, 0.29) is 5.92 Å². The molecule has 0 saturated heterocycles. The van der Waals surface area contributed by atoms with Gasteiger partial charge in [-0.25, -0.2) is 0 Å². The van der Waals surface area contributed by atoms with Gasteiger partial charge in [0.05, 0.1) is 5.92 Å². The highest BCUT2D eigenvalue weighted by Gasteiger charge is 2.37. The molecule has 1 unspecified atom stereocenters. The quantitative estimate of drug-likeness (QED) is 0.768. The van der Waals surface area contributed by atoms with Crippen LogP contribution in [-0.2, 0) is 4.79 Å². The number of hydrogen-bond acceptors (Lipinski definition) is 2. The number of rotatable bonds is 2. The second kappa shape index (κ2) is 2.84. The summed E-state index contributed by atoms with van der Waals surface area (Å²) >= 11 is 0. The molecule has 1 atom stereocenters. The molecule has 2 heteroatoms. The summed E-state index contributed by atoms with van der Waals surface area (Å²) in [6, 6.07) is 8.14. The number of nitrogens with one attached hydrogen (secondary N) is 1. The molecule has 1 aromatic rings. The lowest BCUT2D eigenvalue weighted by Crippen LogP contribution is -2.15. The fourth-order valence-corrected chi connectivity index (χ4v) is 2.19. The first-order valence-corrected chi connectivity index (χ1v) is 5.23. The van der Waals surface area contributed by atoms with Crippen molar-refractivity contribution in [1.82, 2.24) is 0 Å². The van der Waals surface area contributed by atoms with E-state index in [2.05, 4.69) is 17.4 Å². The Morgan fingerprint density at radius 1 is 1.29 bits per heavy atom. The molecule has 0 bridgehead atoms. The Bertz CT molecular complexity index is 382. The van der Waals surface area contributed by atoms with Gasteiger partial charge in [0.15, 0.2) is 0 Å². The molecule has 1 N–H and O–H groups in total. The van der Waals surface area contributed by atoms with Gasteiger partial charge in [0.2, 0.25) is 0 Å². The smallest absolute Gasteiger partial charge is 0.145 e. The molecule has 1 heterocycles. The van der Waals surface area contributed by atoms with Crippen molar-refractivity contribution in [1.29, 1.82) is 0 Å². The number of carbonyl (C=O) groups is 1. The molecule has 2 nitrogen and oxygen atoms in total. The topological polar surface area (TPSA) is 29.1 Å². The van der Waals surface area contributed by atoms with Crippen LogP contribution in [0.1, 0.15) is 24.3 Å². The van der Waals surface area contributed by atoms with Crippen molar-refractivity contribution in [3.05, 3.63) is 29.8 Å². The van der Waals surface area contributed by atoms with Crippen LogP contribution in [0.4, 0.5) is 5.69 Å². The van der Waals surface area contributed by atoms with Crippen LogP contribution in [0.2, 0.25) is 0 Å². The Labute approximate surface area is 83.3 Å². The molecule has 0 spiro atoms. The highest BCUT2D eigenvalue weighted by Crippen LogP contribution is 2.39. The number of anilines is 1. The summed E-state index contributed by atoms with van der Waals surface area (Å²) in [5.74, 6) is 0.939. The van der Waals surface area contributed by atoms with E-state index in [9.17, 15) is 4.79 Å². The van der Waals surface area contributed by atoms with Crippen LogP contribution in [0, 0.1) is 5.92 Å². The molecule has 1 saturated carbocycles. The number of carbonyl (C=O) groups excluding carboxylic acids is 1. The number of ketones is 1. The Hall–Kier alpha value is -1.31. The van der Waals surface area contributed by atoms with Crippen molar-refractivity contribution in [2.45, 2.75) is 18.8 Å². The van der Waals surface area contributed by atoms with Crippen molar-refractivity contribution in [2.75, 3.05) is 11.9 Å². The molecule has 0 radical (unpaired) electrons. The van der Waals surface area contributed by atoms with E-state index in [4.69, 9.17) is 0 Å². The summed E-state index contributed by atoms with van der Waals surface area (Å²) in [5.41, 5.74) is 2.34. The molecule has 3 rings (SSSR count). The third-order valence-electron chi connectivity index (χ3n) is 3.16. The van der Waals surface area contributed by atoms with Crippen LogP contribution in [0.25, 0.3) is 0 Å². The summed E-state index contributed by atoms with van der Waals surface area (Å²) in [6.45, 7) is 0.800. The van der Waals surface area contributed by atoms with Crippen LogP contribution >= 0.6 is 0 Å². The molecule has 72 valence electrons. The highest BCUT2D eigenvalue weighted by atomic mass is 16.1. The van der Waals surface area contributed by atoms with Crippen molar-refractivity contribution < 1.29 is 4.79 Å². The van der Waals surface area contributed by atoms with E-state index >= 15 is 0 Å². The molecule has 1 aliphatic heterocycles. The SMILES string of the molecule is O=C(C1CC1)C1CNc2ccccc21. The zero-order chi connectivity index (χ0) is 9.54. The third-order valence-corrected chi connectivity index (χ3v) is 3.16. The van der Waals surface area contributed by atoms with Gasteiger partial charge in [-0.05, 0) is 24.5 Å². The average molecular weight is 187 g/mol. The minimum absolute atomic E-state index is 0.124. The number of Topliss-reactive ketones (excluding diaryl/α,β-unsaturated/α-hetero) is 1. The van der Waals surface area contributed by atoms with Crippen LogP contribution in [0.15, 0.2) is 24.3 Å². The fraction of sp³-hybridized carbons (Fsp3) is 0.417. The first-order chi connectivity index (χ1) is 6.86. The van der Waals surface area contributed by atoms with E-state index in [0.717, 1.165) is 25.1 Å². The van der Waals surface area contributed by atoms with Crippen LogP contribution in [0.5, 0.6) is 0 Å². The lowest BCUT2D eigenvalue weighted by Gasteiger charge is -2.07. The number of para-hydroxylation sites is 1. The second-order valence-corrected chi connectivity index (χ2v) is 4.20. The zero-order valence-electron chi connectivity index (χ0n) is 7.99.